The van der Waals surface area contributed by atoms with Crippen LogP contribution in [0.15, 0.2) is 42.5 Å². The summed E-state index contributed by atoms with van der Waals surface area (Å²) in [7, 11) is 0. The van der Waals surface area contributed by atoms with Crippen molar-refractivity contribution in [2.45, 2.75) is 52.0 Å². The number of nitrogens with zero attached hydrogens (tertiary/aromatic N) is 2. The molecule has 10 heteroatoms. The molecule has 8 nitrogen and oxygen atoms in total. The van der Waals surface area contributed by atoms with Crippen LogP contribution in [0.4, 0.5) is 21.9 Å². The average Bonchev–Trinajstić information content (AvgIpc) is 3.36. The van der Waals surface area contributed by atoms with Gasteiger partial charge in [-0.3, -0.25) is 9.59 Å². The maximum atomic E-state index is 13.3. The number of amides is 4. The van der Waals surface area contributed by atoms with Gasteiger partial charge in [-0.15, -0.1) is 0 Å². The number of carbonyl (C=O) groups is 3. The van der Waals surface area contributed by atoms with Gasteiger partial charge in [0.2, 0.25) is 11.8 Å². The molecule has 0 aromatic heterocycles. The summed E-state index contributed by atoms with van der Waals surface area (Å²) in [6.07, 6.45) is 3.09. The molecule has 2 fully saturated rings. The molecule has 0 bridgehead atoms. The van der Waals surface area contributed by atoms with Crippen LogP contribution >= 0.6 is 23.2 Å². The van der Waals surface area contributed by atoms with Crippen LogP contribution in [0.5, 0.6) is 0 Å². The number of urea groups is 1. The Balaban J connectivity index is 1.32. The van der Waals surface area contributed by atoms with Gasteiger partial charge in [-0.2, -0.15) is 0 Å². The smallest absolute Gasteiger partial charge is 0.322 e. The first-order valence-electron chi connectivity index (χ1n) is 13.0. The van der Waals surface area contributed by atoms with Gasteiger partial charge in [0.25, 0.3) is 0 Å². The highest BCUT2D eigenvalue weighted by Crippen LogP contribution is 2.33. The highest BCUT2D eigenvalue weighted by molar-refractivity contribution is 6.39. The zero-order valence-corrected chi connectivity index (χ0v) is 23.6. The summed E-state index contributed by atoms with van der Waals surface area (Å²) in [4.78, 5) is 42.6. The first-order valence-corrected chi connectivity index (χ1v) is 13.7. The van der Waals surface area contributed by atoms with E-state index in [0.29, 0.717) is 60.4 Å². The predicted octanol–water partition coefficient (Wildman–Crippen LogP) is 5.76. The summed E-state index contributed by atoms with van der Waals surface area (Å²) in [6, 6.07) is 12.5. The van der Waals surface area contributed by atoms with Crippen molar-refractivity contribution in [2.75, 3.05) is 41.7 Å². The van der Waals surface area contributed by atoms with Crippen molar-refractivity contribution in [3.05, 3.63) is 52.5 Å². The van der Waals surface area contributed by atoms with Crippen molar-refractivity contribution >= 4 is 58.1 Å². The van der Waals surface area contributed by atoms with Gasteiger partial charge < -0.3 is 25.8 Å². The van der Waals surface area contributed by atoms with Crippen molar-refractivity contribution in [2.24, 2.45) is 5.41 Å². The summed E-state index contributed by atoms with van der Waals surface area (Å²) in [5.74, 6) is -0.286. The van der Waals surface area contributed by atoms with E-state index in [2.05, 4.69) is 20.9 Å². The Morgan fingerprint density at radius 3 is 1.97 bits per heavy atom. The molecule has 4 amide bonds. The van der Waals surface area contributed by atoms with Gasteiger partial charge in [0.15, 0.2) is 0 Å². The van der Waals surface area contributed by atoms with E-state index in [1.54, 1.807) is 23.1 Å². The molecule has 2 aliphatic rings. The highest BCUT2D eigenvalue weighted by Gasteiger charge is 2.44. The van der Waals surface area contributed by atoms with Crippen LogP contribution in [0.1, 0.15) is 46.5 Å². The number of anilines is 3. The number of rotatable bonds is 5. The quantitative estimate of drug-likeness (QED) is 0.434. The Bertz CT molecular complexity index is 1160. The summed E-state index contributed by atoms with van der Waals surface area (Å²) in [5, 5.41) is 9.65. The van der Waals surface area contributed by atoms with Gasteiger partial charge in [-0.25, -0.2) is 4.79 Å². The second-order valence-corrected chi connectivity index (χ2v) is 11.8. The third-order valence-electron chi connectivity index (χ3n) is 7.18. The third kappa shape index (κ3) is 6.35. The number of hydrogen-bond acceptors (Lipinski definition) is 4. The van der Waals surface area contributed by atoms with E-state index in [-0.39, 0.29) is 17.8 Å². The molecular weight excluding hydrogens is 525 g/mol. The Morgan fingerprint density at radius 1 is 0.842 bits per heavy atom. The number of hydrogen-bond donors (Lipinski definition) is 3. The Kier molecular flexibility index (Phi) is 8.43. The number of para-hydroxylation sites is 1. The second-order valence-electron chi connectivity index (χ2n) is 11.0. The minimum absolute atomic E-state index is 0.118. The molecule has 2 aromatic rings. The lowest BCUT2D eigenvalue weighted by Gasteiger charge is -2.36. The fourth-order valence-corrected chi connectivity index (χ4v) is 5.26. The number of halogens is 2. The summed E-state index contributed by atoms with van der Waals surface area (Å²) in [6.45, 7) is 7.96. The van der Waals surface area contributed by atoms with Crippen molar-refractivity contribution in [3.8, 4) is 0 Å². The third-order valence-corrected chi connectivity index (χ3v) is 7.81. The molecule has 2 aromatic carbocycles. The fourth-order valence-electron chi connectivity index (χ4n) is 4.77. The summed E-state index contributed by atoms with van der Waals surface area (Å²) < 4.78 is 0. The van der Waals surface area contributed by atoms with Gasteiger partial charge in [-0.05, 0) is 49.2 Å². The van der Waals surface area contributed by atoms with Crippen molar-refractivity contribution in [3.63, 3.8) is 0 Å². The molecule has 1 saturated heterocycles. The van der Waals surface area contributed by atoms with Crippen LogP contribution < -0.4 is 20.9 Å². The fraction of sp³-hybridized carbons (Fsp3) is 0.464. The summed E-state index contributed by atoms with van der Waals surface area (Å²) in [5.41, 5.74) is 0.676. The van der Waals surface area contributed by atoms with Gasteiger partial charge >= 0.3 is 6.03 Å². The van der Waals surface area contributed by atoms with Gasteiger partial charge in [0.1, 0.15) is 5.54 Å². The van der Waals surface area contributed by atoms with Crippen LogP contribution in [-0.2, 0) is 9.59 Å². The van der Waals surface area contributed by atoms with Crippen LogP contribution in [0.25, 0.3) is 0 Å². The van der Waals surface area contributed by atoms with E-state index in [0.717, 1.165) is 18.5 Å². The standard InChI is InChI=1S/C28H35Cl2N5O3/c1-27(2,3)24(36)33-28(13-4-5-14-28)25(37)31-19-9-11-20(12-10-19)34-15-17-35(18-16-34)26(38)32-23-21(29)7-6-8-22(23)30/h6-12H,4-5,13-18H2,1-3H3,(H,31,37)(H,32,38)(H,33,36). The Morgan fingerprint density at radius 2 is 1.42 bits per heavy atom. The first kappa shape index (κ1) is 28.0. The van der Waals surface area contributed by atoms with Crippen LogP contribution in [0, 0.1) is 5.41 Å². The zero-order chi connectivity index (χ0) is 27.5. The van der Waals surface area contributed by atoms with E-state index < -0.39 is 11.0 Å². The van der Waals surface area contributed by atoms with Crippen molar-refractivity contribution in [1.29, 1.82) is 0 Å². The molecule has 3 N–H and O–H groups in total. The van der Waals surface area contributed by atoms with E-state index >= 15 is 0 Å². The minimum atomic E-state index is -0.867. The lowest BCUT2D eigenvalue weighted by Crippen LogP contribution is -2.57. The van der Waals surface area contributed by atoms with Crippen molar-refractivity contribution in [1.82, 2.24) is 10.2 Å². The normalized spacial score (nSPS) is 17.2. The van der Waals surface area contributed by atoms with Crippen molar-refractivity contribution < 1.29 is 14.4 Å². The van der Waals surface area contributed by atoms with E-state index in [4.69, 9.17) is 23.2 Å². The Labute approximate surface area is 234 Å². The number of benzene rings is 2. The molecule has 1 heterocycles. The largest absolute Gasteiger partial charge is 0.368 e. The molecule has 204 valence electrons. The predicted molar refractivity (Wildman–Crippen MR) is 153 cm³/mol. The molecule has 0 radical (unpaired) electrons. The number of piperazine rings is 1. The minimum Gasteiger partial charge on any atom is -0.368 e. The highest BCUT2D eigenvalue weighted by atomic mass is 35.5. The molecule has 4 rings (SSSR count). The molecule has 1 saturated carbocycles. The summed E-state index contributed by atoms with van der Waals surface area (Å²) >= 11 is 12.3. The molecule has 1 aliphatic carbocycles. The number of nitrogens with one attached hydrogen (secondary N) is 3. The van der Waals surface area contributed by atoms with Gasteiger partial charge in [-0.1, -0.05) is 62.9 Å². The maximum Gasteiger partial charge on any atom is 0.322 e. The van der Waals surface area contributed by atoms with E-state index in [1.807, 2.05) is 45.0 Å². The topological polar surface area (TPSA) is 93.8 Å². The molecule has 38 heavy (non-hydrogen) atoms. The molecule has 0 spiro atoms. The van der Waals surface area contributed by atoms with Gasteiger partial charge in [0, 0.05) is 43.0 Å². The van der Waals surface area contributed by atoms with Crippen LogP contribution in [0.2, 0.25) is 10.0 Å². The monoisotopic (exact) mass is 559 g/mol. The average molecular weight is 561 g/mol. The molecule has 0 atom stereocenters. The second kappa shape index (κ2) is 11.4. The van der Waals surface area contributed by atoms with Crippen LogP contribution in [0.3, 0.4) is 0 Å². The molecule has 0 unspecified atom stereocenters. The zero-order valence-electron chi connectivity index (χ0n) is 22.1. The maximum absolute atomic E-state index is 13.3. The van der Waals surface area contributed by atoms with Crippen LogP contribution in [-0.4, -0.2) is 54.5 Å². The molecule has 1 aliphatic heterocycles. The lowest BCUT2D eigenvalue weighted by atomic mass is 9.90. The van der Waals surface area contributed by atoms with E-state index in [1.165, 1.54) is 0 Å². The Hall–Kier alpha value is -2.97. The molecular formula is C28H35Cl2N5O3. The first-order chi connectivity index (χ1) is 18.0. The number of carbonyl (C=O) groups excluding carboxylic acids is 3. The SMILES string of the molecule is CC(C)(C)C(=O)NC1(C(=O)Nc2ccc(N3CCN(C(=O)Nc4c(Cl)cccc4Cl)CC3)cc2)CCCC1. The lowest BCUT2D eigenvalue weighted by molar-refractivity contribution is -0.135. The van der Waals surface area contributed by atoms with E-state index in [9.17, 15) is 14.4 Å². The van der Waals surface area contributed by atoms with Gasteiger partial charge in [0.05, 0.1) is 15.7 Å².